The van der Waals surface area contributed by atoms with Crippen molar-refractivity contribution >= 4 is 23.2 Å². The van der Waals surface area contributed by atoms with E-state index in [1.807, 2.05) is 16.8 Å². The maximum atomic E-state index is 12.3. The molecule has 0 atom stereocenters. The first-order chi connectivity index (χ1) is 13.2. The molecule has 27 heavy (non-hydrogen) atoms. The van der Waals surface area contributed by atoms with Gasteiger partial charge in [0.2, 0.25) is 5.91 Å². The first-order valence-corrected chi connectivity index (χ1v) is 10.8. The van der Waals surface area contributed by atoms with E-state index in [1.54, 1.807) is 6.07 Å². The first kappa shape index (κ1) is 19.6. The Balaban J connectivity index is 1.43. The first-order valence-electron chi connectivity index (χ1n) is 9.82. The lowest BCUT2D eigenvalue weighted by Crippen LogP contribution is -2.42. The molecule has 2 aromatic rings. The summed E-state index contributed by atoms with van der Waals surface area (Å²) in [7, 11) is 0. The second kappa shape index (κ2) is 9.70. The van der Waals surface area contributed by atoms with Crippen LogP contribution in [0.4, 0.5) is 0 Å². The number of carbonyl (C=O) groups excluding carboxylic acids is 2. The Hall–Kier alpha value is -2.14. The SMILES string of the molecule is O=C(CCCNC(=O)c1ccsc1)NCC1(c2ccccc2)CCCCC1. The maximum Gasteiger partial charge on any atom is 0.252 e. The number of nitrogens with one attached hydrogen (secondary N) is 2. The minimum absolute atomic E-state index is 0.0677. The lowest BCUT2D eigenvalue weighted by atomic mass is 9.69. The molecule has 1 heterocycles. The van der Waals surface area contributed by atoms with Crippen molar-refractivity contribution in [2.45, 2.75) is 50.4 Å². The predicted molar refractivity (Wildman–Crippen MR) is 110 cm³/mol. The predicted octanol–water partition coefficient (Wildman–Crippen LogP) is 4.28. The summed E-state index contributed by atoms with van der Waals surface area (Å²) >= 11 is 1.50. The van der Waals surface area contributed by atoms with Crippen LogP contribution in [0.3, 0.4) is 0 Å². The fraction of sp³-hybridized carbons (Fsp3) is 0.455. The van der Waals surface area contributed by atoms with Gasteiger partial charge in [0.05, 0.1) is 0 Å². The highest BCUT2D eigenvalue weighted by Gasteiger charge is 2.33. The van der Waals surface area contributed by atoms with Gasteiger partial charge < -0.3 is 10.6 Å². The molecule has 1 aromatic carbocycles. The monoisotopic (exact) mass is 384 g/mol. The van der Waals surface area contributed by atoms with E-state index in [9.17, 15) is 9.59 Å². The summed E-state index contributed by atoms with van der Waals surface area (Å²) in [4.78, 5) is 24.2. The quantitative estimate of drug-likeness (QED) is 0.668. The Morgan fingerprint density at radius 2 is 1.78 bits per heavy atom. The molecule has 2 amide bonds. The molecule has 0 saturated heterocycles. The molecule has 1 aliphatic carbocycles. The second-order valence-electron chi connectivity index (χ2n) is 7.36. The Morgan fingerprint density at radius 1 is 1.00 bits per heavy atom. The number of thiophene rings is 1. The van der Waals surface area contributed by atoms with E-state index in [1.165, 1.54) is 36.2 Å². The molecule has 144 valence electrons. The summed E-state index contributed by atoms with van der Waals surface area (Å²) in [6.07, 6.45) is 7.09. The molecule has 1 aliphatic rings. The number of amides is 2. The van der Waals surface area contributed by atoms with Gasteiger partial charge in [-0.2, -0.15) is 11.3 Å². The summed E-state index contributed by atoms with van der Waals surface area (Å²) in [5.74, 6) is 0.00237. The van der Waals surface area contributed by atoms with Gasteiger partial charge in [-0.05, 0) is 36.3 Å². The van der Waals surface area contributed by atoms with E-state index in [-0.39, 0.29) is 17.2 Å². The molecule has 4 nitrogen and oxygen atoms in total. The molecule has 1 saturated carbocycles. The zero-order chi connectivity index (χ0) is 19.0. The van der Waals surface area contributed by atoms with Crippen LogP contribution < -0.4 is 10.6 Å². The number of rotatable bonds is 8. The molecule has 0 bridgehead atoms. The van der Waals surface area contributed by atoms with Crippen molar-refractivity contribution in [3.8, 4) is 0 Å². The molecule has 0 spiro atoms. The molecule has 3 rings (SSSR count). The van der Waals surface area contributed by atoms with Crippen molar-refractivity contribution in [1.29, 1.82) is 0 Å². The number of hydrogen-bond acceptors (Lipinski definition) is 3. The van der Waals surface area contributed by atoms with Crippen LogP contribution in [0.5, 0.6) is 0 Å². The minimum Gasteiger partial charge on any atom is -0.355 e. The third-order valence-corrected chi connectivity index (χ3v) is 6.15. The Morgan fingerprint density at radius 3 is 2.48 bits per heavy atom. The highest BCUT2D eigenvalue weighted by Crippen LogP contribution is 2.38. The zero-order valence-electron chi connectivity index (χ0n) is 15.7. The van der Waals surface area contributed by atoms with Crippen LogP contribution >= 0.6 is 11.3 Å². The standard InChI is InChI=1S/C22H28N2O2S/c25-20(10-7-14-23-21(26)18-11-15-27-16-18)24-17-22(12-5-2-6-13-22)19-8-3-1-4-9-19/h1,3-4,8-9,11,15-16H,2,5-7,10,12-14,17H2,(H,23,26)(H,24,25). The van der Waals surface area contributed by atoms with Crippen LogP contribution in [0.25, 0.3) is 0 Å². The molecule has 2 N–H and O–H groups in total. The summed E-state index contributed by atoms with van der Waals surface area (Å²) in [5.41, 5.74) is 2.10. The minimum atomic E-state index is -0.0677. The fourth-order valence-electron chi connectivity index (χ4n) is 3.89. The normalized spacial score (nSPS) is 15.9. The zero-order valence-corrected chi connectivity index (χ0v) is 16.5. The van der Waals surface area contributed by atoms with Crippen molar-refractivity contribution in [1.82, 2.24) is 10.6 Å². The van der Waals surface area contributed by atoms with E-state index in [2.05, 4.69) is 34.9 Å². The maximum absolute atomic E-state index is 12.3. The van der Waals surface area contributed by atoms with E-state index in [0.29, 0.717) is 31.5 Å². The summed E-state index contributed by atoms with van der Waals surface area (Å²) in [5, 5.41) is 9.74. The van der Waals surface area contributed by atoms with Gasteiger partial charge in [-0.3, -0.25) is 9.59 Å². The molecule has 5 heteroatoms. The molecule has 1 fully saturated rings. The van der Waals surface area contributed by atoms with Crippen LogP contribution in [0.2, 0.25) is 0 Å². The topological polar surface area (TPSA) is 58.2 Å². The third-order valence-electron chi connectivity index (χ3n) is 5.47. The van der Waals surface area contributed by atoms with Crippen molar-refractivity contribution in [2.24, 2.45) is 0 Å². The third kappa shape index (κ3) is 5.42. The average Bonchev–Trinajstić information content (AvgIpc) is 3.26. The molecule has 0 unspecified atom stereocenters. The summed E-state index contributed by atoms with van der Waals surface area (Å²) in [6.45, 7) is 1.23. The van der Waals surface area contributed by atoms with Gasteiger partial charge in [-0.25, -0.2) is 0 Å². The van der Waals surface area contributed by atoms with Crippen molar-refractivity contribution in [2.75, 3.05) is 13.1 Å². The van der Waals surface area contributed by atoms with Crippen LogP contribution in [0, 0.1) is 0 Å². The van der Waals surface area contributed by atoms with Gasteiger partial charge in [0, 0.05) is 35.9 Å². The Kier molecular flexibility index (Phi) is 7.04. The molecule has 1 aromatic heterocycles. The van der Waals surface area contributed by atoms with Crippen LogP contribution in [0.1, 0.15) is 60.9 Å². The number of hydrogen-bond donors (Lipinski definition) is 2. The lowest BCUT2D eigenvalue weighted by molar-refractivity contribution is -0.121. The van der Waals surface area contributed by atoms with E-state index >= 15 is 0 Å². The average molecular weight is 385 g/mol. The van der Waals surface area contributed by atoms with Crippen molar-refractivity contribution in [3.05, 3.63) is 58.3 Å². The smallest absolute Gasteiger partial charge is 0.252 e. The Labute approximate surface area is 165 Å². The van der Waals surface area contributed by atoms with Crippen LogP contribution in [-0.4, -0.2) is 24.9 Å². The van der Waals surface area contributed by atoms with Gasteiger partial charge >= 0.3 is 0 Å². The number of benzene rings is 1. The van der Waals surface area contributed by atoms with Crippen molar-refractivity contribution in [3.63, 3.8) is 0 Å². The molecule has 0 aliphatic heterocycles. The van der Waals surface area contributed by atoms with E-state index in [4.69, 9.17) is 0 Å². The van der Waals surface area contributed by atoms with Gasteiger partial charge in [-0.1, -0.05) is 49.6 Å². The van der Waals surface area contributed by atoms with Gasteiger partial charge in [-0.15, -0.1) is 0 Å². The summed E-state index contributed by atoms with van der Waals surface area (Å²) in [6, 6.07) is 12.4. The van der Waals surface area contributed by atoms with E-state index in [0.717, 1.165) is 12.8 Å². The molecule has 0 radical (unpaired) electrons. The highest BCUT2D eigenvalue weighted by molar-refractivity contribution is 7.08. The van der Waals surface area contributed by atoms with Gasteiger partial charge in [0.15, 0.2) is 0 Å². The fourth-order valence-corrected chi connectivity index (χ4v) is 4.53. The van der Waals surface area contributed by atoms with E-state index < -0.39 is 0 Å². The van der Waals surface area contributed by atoms with Crippen LogP contribution in [-0.2, 0) is 10.2 Å². The van der Waals surface area contributed by atoms with Crippen LogP contribution in [0.15, 0.2) is 47.2 Å². The Bertz CT molecular complexity index is 722. The largest absolute Gasteiger partial charge is 0.355 e. The second-order valence-corrected chi connectivity index (χ2v) is 8.14. The van der Waals surface area contributed by atoms with Gasteiger partial charge in [0.25, 0.3) is 5.91 Å². The van der Waals surface area contributed by atoms with Crippen molar-refractivity contribution < 1.29 is 9.59 Å². The number of carbonyl (C=O) groups is 2. The highest BCUT2D eigenvalue weighted by atomic mass is 32.1. The molecular formula is C22H28N2O2S. The summed E-state index contributed by atoms with van der Waals surface area (Å²) < 4.78 is 0. The van der Waals surface area contributed by atoms with Gasteiger partial charge in [0.1, 0.15) is 0 Å². The lowest BCUT2D eigenvalue weighted by Gasteiger charge is -2.38. The molecular weight excluding hydrogens is 356 g/mol.